The van der Waals surface area contributed by atoms with E-state index < -0.39 is 12.1 Å². The first-order chi connectivity index (χ1) is 9.24. The van der Waals surface area contributed by atoms with Crippen LogP contribution < -0.4 is 16.8 Å². The van der Waals surface area contributed by atoms with E-state index in [0.717, 1.165) is 10.0 Å². The van der Waals surface area contributed by atoms with Gasteiger partial charge in [-0.3, -0.25) is 0 Å². The van der Waals surface area contributed by atoms with Crippen molar-refractivity contribution in [3.05, 3.63) is 34.1 Å². The molecular weight excluding hydrogens is 335 g/mol. The number of hydrogen-bond acceptors (Lipinski definition) is 3. The fourth-order valence-corrected chi connectivity index (χ4v) is 1.70. The number of alkyl halides is 3. The highest BCUT2D eigenvalue weighted by molar-refractivity contribution is 9.10. The third-order valence-corrected chi connectivity index (χ3v) is 3.18. The van der Waals surface area contributed by atoms with Gasteiger partial charge in [0.25, 0.3) is 0 Å². The number of nitrogens with two attached hydrogens (primary N) is 2. The Morgan fingerprint density at radius 3 is 2.40 bits per heavy atom. The van der Waals surface area contributed by atoms with Crippen molar-refractivity contribution < 1.29 is 13.2 Å². The maximum absolute atomic E-state index is 11.2. The van der Waals surface area contributed by atoms with Gasteiger partial charge in [0.1, 0.15) is 0 Å². The molecular formula is C13H17BrF3N3. The molecule has 0 amide bonds. The van der Waals surface area contributed by atoms with Gasteiger partial charge in [-0.1, -0.05) is 15.9 Å². The lowest BCUT2D eigenvalue weighted by molar-refractivity contribution is -0.147. The van der Waals surface area contributed by atoms with Crippen LogP contribution in [0.15, 0.2) is 28.5 Å². The Morgan fingerprint density at radius 2 is 2.00 bits per heavy atom. The molecule has 0 aromatic heterocycles. The van der Waals surface area contributed by atoms with Crippen LogP contribution in [0.4, 0.5) is 18.9 Å². The number of halogens is 4. The van der Waals surface area contributed by atoms with Crippen LogP contribution in [0.25, 0.3) is 6.08 Å². The molecule has 2 rings (SSSR count). The zero-order chi connectivity index (χ0) is 15.3. The molecule has 5 N–H and O–H groups in total. The highest BCUT2D eigenvalue weighted by Crippen LogP contribution is 2.43. The van der Waals surface area contributed by atoms with Gasteiger partial charge < -0.3 is 16.8 Å². The zero-order valence-electron chi connectivity index (χ0n) is 11.0. The molecule has 0 bridgehead atoms. The monoisotopic (exact) mass is 351 g/mol. The summed E-state index contributed by atoms with van der Waals surface area (Å²) in [6.45, 7) is 0. The van der Waals surface area contributed by atoms with Gasteiger partial charge in [-0.25, -0.2) is 0 Å². The SMILES string of the molecule is CN/C(N)=C/c1cc(Br)ccc1N.FC(F)(F)C1CC1. The first kappa shape index (κ1) is 16.7. The summed E-state index contributed by atoms with van der Waals surface area (Å²) in [6.07, 6.45) is -1.40. The molecule has 20 heavy (non-hydrogen) atoms. The summed E-state index contributed by atoms with van der Waals surface area (Å²) >= 11 is 3.36. The Morgan fingerprint density at radius 1 is 1.40 bits per heavy atom. The molecule has 0 atom stereocenters. The van der Waals surface area contributed by atoms with Crippen LogP contribution in [0.5, 0.6) is 0 Å². The maximum Gasteiger partial charge on any atom is 0.391 e. The predicted octanol–water partition coefficient (Wildman–Crippen LogP) is 3.47. The summed E-state index contributed by atoms with van der Waals surface area (Å²) in [4.78, 5) is 0. The Balaban J connectivity index is 0.000000240. The molecule has 1 fully saturated rings. The van der Waals surface area contributed by atoms with Crippen molar-refractivity contribution in [2.45, 2.75) is 19.0 Å². The minimum absolute atomic E-state index is 0.351. The van der Waals surface area contributed by atoms with Crippen molar-refractivity contribution in [3.8, 4) is 0 Å². The standard InChI is InChI=1S/C9H12BrN3.C4H5F3/c1-13-9(12)5-6-4-7(10)2-3-8(6)11;5-4(6,7)3-1-2-3/h2-5,13H,11-12H2,1H3;3H,1-2H2/b9-5+;. The number of anilines is 1. The van der Waals surface area contributed by atoms with Crippen LogP contribution in [0, 0.1) is 5.92 Å². The van der Waals surface area contributed by atoms with Gasteiger partial charge in [0, 0.05) is 22.8 Å². The van der Waals surface area contributed by atoms with Crippen molar-refractivity contribution in [1.29, 1.82) is 0 Å². The lowest BCUT2D eigenvalue weighted by Crippen LogP contribution is -2.14. The lowest BCUT2D eigenvalue weighted by Gasteiger charge is -2.03. The van der Waals surface area contributed by atoms with Gasteiger partial charge in [0.05, 0.1) is 11.7 Å². The van der Waals surface area contributed by atoms with Gasteiger partial charge in [0.2, 0.25) is 0 Å². The number of benzene rings is 1. The smallest absolute Gasteiger partial charge is 0.391 e. The summed E-state index contributed by atoms with van der Waals surface area (Å²) < 4.78 is 34.7. The molecule has 1 saturated carbocycles. The zero-order valence-corrected chi connectivity index (χ0v) is 12.6. The third-order valence-electron chi connectivity index (χ3n) is 2.69. The molecule has 112 valence electrons. The summed E-state index contributed by atoms with van der Waals surface area (Å²) in [5.41, 5.74) is 13.0. The summed E-state index contributed by atoms with van der Waals surface area (Å²) in [6, 6.07) is 5.64. The Kier molecular flexibility index (Phi) is 5.74. The van der Waals surface area contributed by atoms with E-state index in [9.17, 15) is 13.2 Å². The first-order valence-corrected chi connectivity index (χ1v) is 6.80. The molecule has 0 radical (unpaired) electrons. The van der Waals surface area contributed by atoms with Crippen LogP contribution in [0.2, 0.25) is 0 Å². The second-order valence-electron chi connectivity index (χ2n) is 4.44. The Labute approximate surface area is 124 Å². The van der Waals surface area contributed by atoms with E-state index in [4.69, 9.17) is 11.5 Å². The van der Waals surface area contributed by atoms with Crippen LogP contribution in [0.3, 0.4) is 0 Å². The van der Waals surface area contributed by atoms with Crippen molar-refractivity contribution >= 4 is 27.7 Å². The quantitative estimate of drug-likeness (QED) is 0.715. The van der Waals surface area contributed by atoms with Crippen molar-refractivity contribution in [1.82, 2.24) is 5.32 Å². The number of rotatable bonds is 2. The van der Waals surface area contributed by atoms with E-state index in [2.05, 4.69) is 21.2 Å². The van der Waals surface area contributed by atoms with E-state index in [1.165, 1.54) is 0 Å². The topological polar surface area (TPSA) is 64.1 Å². The number of nitrogen functional groups attached to an aromatic ring is 1. The summed E-state index contributed by atoms with van der Waals surface area (Å²) in [5, 5.41) is 2.83. The van der Waals surface area contributed by atoms with Crippen LogP contribution >= 0.6 is 15.9 Å². The largest absolute Gasteiger partial charge is 0.398 e. The predicted molar refractivity (Wildman–Crippen MR) is 78.6 cm³/mol. The molecule has 7 heteroatoms. The molecule has 0 heterocycles. The number of nitrogens with one attached hydrogen (secondary N) is 1. The molecule has 0 saturated heterocycles. The molecule has 0 spiro atoms. The van der Waals surface area contributed by atoms with Crippen LogP contribution in [-0.2, 0) is 0 Å². The maximum atomic E-state index is 11.2. The van der Waals surface area contributed by atoms with E-state index in [1.807, 2.05) is 18.2 Å². The summed E-state index contributed by atoms with van der Waals surface area (Å²) in [7, 11) is 1.76. The van der Waals surface area contributed by atoms with Crippen LogP contribution in [0.1, 0.15) is 18.4 Å². The van der Waals surface area contributed by atoms with Crippen LogP contribution in [-0.4, -0.2) is 13.2 Å². The molecule has 1 aliphatic rings. The second-order valence-corrected chi connectivity index (χ2v) is 5.35. The average Bonchev–Trinajstić information content (AvgIpc) is 3.18. The molecule has 0 unspecified atom stereocenters. The highest BCUT2D eigenvalue weighted by Gasteiger charge is 2.46. The van der Waals surface area contributed by atoms with Gasteiger partial charge >= 0.3 is 6.18 Å². The molecule has 1 aromatic rings. The molecule has 1 aliphatic carbocycles. The minimum Gasteiger partial charge on any atom is -0.398 e. The Hall–Kier alpha value is -1.37. The van der Waals surface area contributed by atoms with Crippen molar-refractivity contribution in [3.63, 3.8) is 0 Å². The van der Waals surface area contributed by atoms with Gasteiger partial charge in [-0.15, -0.1) is 0 Å². The van der Waals surface area contributed by atoms with Crippen molar-refractivity contribution in [2.75, 3.05) is 12.8 Å². The fourth-order valence-electron chi connectivity index (χ4n) is 1.32. The average molecular weight is 352 g/mol. The second kappa shape index (κ2) is 6.88. The molecule has 3 nitrogen and oxygen atoms in total. The van der Waals surface area contributed by atoms with E-state index >= 15 is 0 Å². The molecule has 0 aliphatic heterocycles. The third kappa shape index (κ3) is 5.73. The van der Waals surface area contributed by atoms with E-state index in [-0.39, 0.29) is 0 Å². The highest BCUT2D eigenvalue weighted by atomic mass is 79.9. The number of hydrogen-bond donors (Lipinski definition) is 3. The van der Waals surface area contributed by atoms with Gasteiger partial charge in [-0.2, -0.15) is 13.2 Å². The lowest BCUT2D eigenvalue weighted by atomic mass is 10.2. The van der Waals surface area contributed by atoms with E-state index in [1.54, 1.807) is 13.1 Å². The van der Waals surface area contributed by atoms with Gasteiger partial charge in [-0.05, 0) is 37.1 Å². The summed E-state index contributed by atoms with van der Waals surface area (Å²) in [5.74, 6) is -0.364. The van der Waals surface area contributed by atoms with Crippen molar-refractivity contribution in [2.24, 2.45) is 11.7 Å². The fraction of sp³-hybridized carbons (Fsp3) is 0.385. The Bertz CT molecular complexity index is 482. The first-order valence-electron chi connectivity index (χ1n) is 6.00. The minimum atomic E-state index is -3.89. The normalized spacial score (nSPS) is 15.3. The van der Waals surface area contributed by atoms with E-state index in [0.29, 0.717) is 24.4 Å². The van der Waals surface area contributed by atoms with Gasteiger partial charge in [0.15, 0.2) is 0 Å². The molecule has 1 aromatic carbocycles.